The van der Waals surface area contributed by atoms with E-state index in [-0.39, 0.29) is 12.5 Å². The van der Waals surface area contributed by atoms with Gasteiger partial charge in [-0.05, 0) is 24.6 Å². The van der Waals surface area contributed by atoms with E-state index in [1.807, 2.05) is 0 Å². The summed E-state index contributed by atoms with van der Waals surface area (Å²) in [5.41, 5.74) is 0.500. The van der Waals surface area contributed by atoms with Gasteiger partial charge < -0.3 is 14.8 Å². The second kappa shape index (κ2) is 9.80. The normalized spacial score (nSPS) is 10.0. The van der Waals surface area contributed by atoms with Crippen molar-refractivity contribution in [3.05, 3.63) is 23.8 Å². The minimum atomic E-state index is -0.159. The number of benzene rings is 1. The van der Waals surface area contributed by atoms with Crippen molar-refractivity contribution < 1.29 is 19.1 Å². The van der Waals surface area contributed by atoms with E-state index in [1.54, 1.807) is 18.2 Å². The minimum absolute atomic E-state index is 0.0649. The van der Waals surface area contributed by atoms with E-state index < -0.39 is 0 Å². The molecule has 1 N–H and O–H groups in total. The van der Waals surface area contributed by atoms with Crippen molar-refractivity contribution in [3.63, 3.8) is 0 Å². The van der Waals surface area contributed by atoms with E-state index in [0.717, 1.165) is 19.1 Å². The summed E-state index contributed by atoms with van der Waals surface area (Å²) in [6.07, 6.45) is 5.20. The number of amides is 1. The van der Waals surface area contributed by atoms with Gasteiger partial charge in [-0.1, -0.05) is 26.2 Å². The highest BCUT2D eigenvalue weighted by Gasteiger charge is 2.08. The van der Waals surface area contributed by atoms with E-state index in [0.29, 0.717) is 23.6 Å². The molecule has 0 aliphatic carbocycles. The molecule has 0 heterocycles. The lowest BCUT2D eigenvalue weighted by atomic mass is 10.2. The molecule has 1 amide bonds. The highest BCUT2D eigenvalue weighted by atomic mass is 16.5. The molecule has 0 atom stereocenters. The SMILES string of the molecule is CCCCCCNC(=O)COc1ccc(C=O)cc1OC. The molecule has 1 aromatic rings. The van der Waals surface area contributed by atoms with Crippen molar-refractivity contribution in [3.8, 4) is 11.5 Å². The van der Waals surface area contributed by atoms with E-state index in [4.69, 9.17) is 9.47 Å². The first-order chi connectivity index (χ1) is 10.2. The second-order valence-electron chi connectivity index (χ2n) is 4.73. The molecule has 1 aromatic carbocycles. The predicted molar refractivity (Wildman–Crippen MR) is 81.0 cm³/mol. The molecular formula is C16H23NO4. The number of hydrogen-bond acceptors (Lipinski definition) is 4. The molecule has 0 aliphatic heterocycles. The maximum Gasteiger partial charge on any atom is 0.257 e. The van der Waals surface area contributed by atoms with Gasteiger partial charge in [0.15, 0.2) is 18.1 Å². The number of unbranched alkanes of at least 4 members (excludes halogenated alkanes) is 3. The van der Waals surface area contributed by atoms with Crippen LogP contribution in [-0.4, -0.2) is 32.5 Å². The fourth-order valence-corrected chi connectivity index (χ4v) is 1.85. The minimum Gasteiger partial charge on any atom is -0.493 e. The van der Waals surface area contributed by atoms with Crippen LogP contribution >= 0.6 is 0 Å². The summed E-state index contributed by atoms with van der Waals surface area (Å²) in [5.74, 6) is 0.729. The topological polar surface area (TPSA) is 64.6 Å². The summed E-state index contributed by atoms with van der Waals surface area (Å²) in [7, 11) is 1.49. The van der Waals surface area contributed by atoms with Gasteiger partial charge in [0, 0.05) is 12.1 Å². The molecule has 5 nitrogen and oxygen atoms in total. The van der Waals surface area contributed by atoms with Gasteiger partial charge in [0.1, 0.15) is 6.29 Å². The lowest BCUT2D eigenvalue weighted by molar-refractivity contribution is -0.123. The molecule has 0 bridgehead atoms. The van der Waals surface area contributed by atoms with Crippen molar-refractivity contribution in [1.82, 2.24) is 5.32 Å². The van der Waals surface area contributed by atoms with E-state index in [1.165, 1.54) is 20.0 Å². The summed E-state index contributed by atoms with van der Waals surface area (Å²) >= 11 is 0. The highest BCUT2D eigenvalue weighted by Crippen LogP contribution is 2.27. The molecular weight excluding hydrogens is 270 g/mol. The summed E-state index contributed by atoms with van der Waals surface area (Å²) < 4.78 is 10.5. The van der Waals surface area contributed by atoms with Gasteiger partial charge in [0.05, 0.1) is 7.11 Å². The number of carbonyl (C=O) groups excluding carboxylic acids is 2. The molecule has 0 unspecified atom stereocenters. The molecule has 0 aromatic heterocycles. The van der Waals surface area contributed by atoms with Gasteiger partial charge in [0.2, 0.25) is 0 Å². The van der Waals surface area contributed by atoms with Gasteiger partial charge >= 0.3 is 0 Å². The fourth-order valence-electron chi connectivity index (χ4n) is 1.85. The number of ether oxygens (including phenoxy) is 2. The van der Waals surface area contributed by atoms with Gasteiger partial charge in [-0.2, -0.15) is 0 Å². The lowest BCUT2D eigenvalue weighted by Gasteiger charge is -2.11. The Morgan fingerprint density at radius 3 is 2.71 bits per heavy atom. The van der Waals surface area contributed by atoms with Crippen LogP contribution in [0.4, 0.5) is 0 Å². The average Bonchev–Trinajstić information content (AvgIpc) is 2.52. The highest BCUT2D eigenvalue weighted by molar-refractivity contribution is 5.78. The third-order valence-electron chi connectivity index (χ3n) is 3.04. The number of rotatable bonds is 10. The summed E-state index contributed by atoms with van der Waals surface area (Å²) in [6, 6.07) is 4.82. The Morgan fingerprint density at radius 1 is 1.24 bits per heavy atom. The van der Waals surface area contributed by atoms with Crippen molar-refractivity contribution in [2.24, 2.45) is 0 Å². The Hall–Kier alpha value is -2.04. The molecule has 5 heteroatoms. The van der Waals surface area contributed by atoms with E-state index >= 15 is 0 Å². The molecule has 0 fully saturated rings. The van der Waals surface area contributed by atoms with Crippen LogP contribution in [-0.2, 0) is 4.79 Å². The largest absolute Gasteiger partial charge is 0.493 e. The van der Waals surface area contributed by atoms with Gasteiger partial charge in [-0.25, -0.2) is 0 Å². The first kappa shape index (κ1) is 17.0. The average molecular weight is 293 g/mol. The van der Waals surface area contributed by atoms with Crippen LogP contribution in [0.5, 0.6) is 11.5 Å². The summed E-state index contributed by atoms with van der Waals surface area (Å²) in [5, 5.41) is 2.81. The molecule has 0 saturated heterocycles. The number of methoxy groups -OCH3 is 1. The maximum absolute atomic E-state index is 11.6. The molecule has 116 valence electrons. The first-order valence-corrected chi connectivity index (χ1v) is 7.24. The lowest BCUT2D eigenvalue weighted by Crippen LogP contribution is -2.29. The Kier molecular flexibility index (Phi) is 7.94. The zero-order chi connectivity index (χ0) is 15.5. The summed E-state index contributed by atoms with van der Waals surface area (Å²) in [6.45, 7) is 2.75. The molecule has 1 rings (SSSR count). The van der Waals surface area contributed by atoms with Crippen LogP contribution < -0.4 is 14.8 Å². The Morgan fingerprint density at radius 2 is 2.05 bits per heavy atom. The standard InChI is InChI=1S/C16H23NO4/c1-3-4-5-6-9-17-16(19)12-21-14-8-7-13(11-18)10-15(14)20-2/h7-8,10-11H,3-6,9,12H2,1-2H3,(H,17,19). The van der Waals surface area contributed by atoms with E-state index in [9.17, 15) is 9.59 Å². The van der Waals surface area contributed by atoms with Crippen LogP contribution in [0.2, 0.25) is 0 Å². The van der Waals surface area contributed by atoms with Crippen molar-refractivity contribution in [1.29, 1.82) is 0 Å². The van der Waals surface area contributed by atoms with Crippen molar-refractivity contribution in [2.75, 3.05) is 20.3 Å². The predicted octanol–water partition coefficient (Wildman–Crippen LogP) is 2.58. The third-order valence-corrected chi connectivity index (χ3v) is 3.04. The summed E-state index contributed by atoms with van der Waals surface area (Å²) in [4.78, 5) is 22.3. The molecule has 0 saturated carbocycles. The van der Waals surface area contributed by atoms with Crippen LogP contribution in [0.1, 0.15) is 43.0 Å². The van der Waals surface area contributed by atoms with Gasteiger partial charge in [-0.3, -0.25) is 9.59 Å². The van der Waals surface area contributed by atoms with E-state index in [2.05, 4.69) is 12.2 Å². The van der Waals surface area contributed by atoms with Gasteiger partial charge in [0.25, 0.3) is 5.91 Å². The molecule has 21 heavy (non-hydrogen) atoms. The van der Waals surface area contributed by atoms with Crippen LogP contribution in [0, 0.1) is 0 Å². The number of aldehydes is 1. The van der Waals surface area contributed by atoms with Crippen LogP contribution in [0.3, 0.4) is 0 Å². The fraction of sp³-hybridized carbons (Fsp3) is 0.500. The Labute approximate surface area is 125 Å². The van der Waals surface area contributed by atoms with Crippen molar-refractivity contribution in [2.45, 2.75) is 32.6 Å². The van der Waals surface area contributed by atoms with Crippen LogP contribution in [0.15, 0.2) is 18.2 Å². The first-order valence-electron chi connectivity index (χ1n) is 7.24. The Bertz CT molecular complexity index is 460. The molecule has 0 spiro atoms. The number of hydrogen-bond donors (Lipinski definition) is 1. The third kappa shape index (κ3) is 6.29. The smallest absolute Gasteiger partial charge is 0.257 e. The van der Waals surface area contributed by atoms with Gasteiger partial charge in [-0.15, -0.1) is 0 Å². The zero-order valence-electron chi connectivity index (χ0n) is 12.7. The zero-order valence-corrected chi connectivity index (χ0v) is 12.7. The monoisotopic (exact) mass is 293 g/mol. The molecule has 0 radical (unpaired) electrons. The maximum atomic E-state index is 11.6. The second-order valence-corrected chi connectivity index (χ2v) is 4.73. The quantitative estimate of drug-likeness (QED) is 0.532. The Balaban J connectivity index is 2.37. The number of nitrogens with one attached hydrogen (secondary N) is 1. The van der Waals surface area contributed by atoms with Crippen LogP contribution in [0.25, 0.3) is 0 Å². The molecule has 0 aliphatic rings. The number of carbonyl (C=O) groups is 2. The van der Waals surface area contributed by atoms with Crippen molar-refractivity contribution >= 4 is 12.2 Å².